The summed E-state index contributed by atoms with van der Waals surface area (Å²) in [4.78, 5) is 1.81. The first-order valence-electron chi connectivity index (χ1n) is 11.4. The van der Waals surface area contributed by atoms with Gasteiger partial charge in [0.2, 0.25) is 0 Å². The van der Waals surface area contributed by atoms with Crippen molar-refractivity contribution in [1.29, 1.82) is 0 Å². The second-order valence-corrected chi connectivity index (χ2v) is 8.68. The van der Waals surface area contributed by atoms with E-state index in [9.17, 15) is 33.6 Å². The van der Waals surface area contributed by atoms with E-state index >= 15 is 0 Å². The molecule has 1 saturated heterocycles. The van der Waals surface area contributed by atoms with Crippen LogP contribution in [0.25, 0.3) is 11.1 Å². The average molecular weight is 484 g/mol. The van der Waals surface area contributed by atoms with Gasteiger partial charge in [0.1, 0.15) is 12.2 Å². The lowest BCUT2D eigenvalue weighted by Gasteiger charge is -2.43. The van der Waals surface area contributed by atoms with Gasteiger partial charge in [-0.25, -0.2) is 0 Å². The zero-order valence-electron chi connectivity index (χ0n) is 18.9. The fourth-order valence-corrected chi connectivity index (χ4v) is 4.17. The minimum absolute atomic E-state index is 0.211. The summed E-state index contributed by atoms with van der Waals surface area (Å²) in [5.74, 6) is 0. The Hall–Kier alpha value is -2.01. The Balaban J connectivity index is 1.35. The highest BCUT2D eigenvalue weighted by Crippen LogP contribution is 2.31. The molecule has 2 aromatic carbocycles. The molecule has 0 saturated carbocycles. The van der Waals surface area contributed by atoms with Crippen molar-refractivity contribution in [3.05, 3.63) is 59.7 Å². The Bertz CT molecular complexity index is 876. The number of hydrogen-bond acceptors (Lipinski definition) is 6. The highest BCUT2D eigenvalue weighted by molar-refractivity contribution is 5.64. The number of β-amino-alcohol motifs (C(OH)–C–C–N with tert-alkyl or cyclic N) is 1. The van der Waals surface area contributed by atoms with Crippen molar-refractivity contribution in [3.63, 3.8) is 0 Å². The van der Waals surface area contributed by atoms with E-state index in [1.807, 2.05) is 24.3 Å². The number of rotatable bonds is 10. The number of piperidine rings is 1. The fourth-order valence-electron chi connectivity index (χ4n) is 4.17. The Morgan fingerprint density at radius 2 is 1.47 bits per heavy atom. The number of benzene rings is 2. The quantitative estimate of drug-likeness (QED) is 0.389. The number of alkyl halides is 3. The van der Waals surface area contributed by atoms with Crippen LogP contribution in [0.2, 0.25) is 0 Å². The summed E-state index contributed by atoms with van der Waals surface area (Å²) in [6, 6.07) is 12.0. The molecule has 4 atom stereocenters. The molecule has 6 nitrogen and oxygen atoms in total. The Morgan fingerprint density at radius 3 is 2.06 bits per heavy atom. The van der Waals surface area contributed by atoms with E-state index in [-0.39, 0.29) is 13.2 Å². The zero-order chi connectivity index (χ0) is 24.7. The monoisotopic (exact) mass is 483 g/mol. The van der Waals surface area contributed by atoms with Crippen LogP contribution in [0.1, 0.15) is 30.4 Å². The number of aliphatic hydroxyl groups is 4. The van der Waals surface area contributed by atoms with E-state index in [0.29, 0.717) is 25.3 Å². The maximum Gasteiger partial charge on any atom is 0.416 e. The zero-order valence-corrected chi connectivity index (χ0v) is 18.9. The van der Waals surface area contributed by atoms with Gasteiger partial charge in [-0.1, -0.05) is 36.4 Å². The maximum atomic E-state index is 12.7. The van der Waals surface area contributed by atoms with Crippen LogP contribution in [0.5, 0.6) is 0 Å². The molecule has 0 amide bonds. The van der Waals surface area contributed by atoms with Crippen molar-refractivity contribution in [1.82, 2.24) is 4.90 Å². The van der Waals surface area contributed by atoms with Crippen LogP contribution in [0.3, 0.4) is 0 Å². The molecule has 2 aromatic rings. The van der Waals surface area contributed by atoms with Crippen molar-refractivity contribution in [2.75, 3.05) is 26.3 Å². The second kappa shape index (κ2) is 12.1. The molecule has 9 heteroatoms. The van der Waals surface area contributed by atoms with Gasteiger partial charge >= 0.3 is 6.18 Å². The molecule has 0 aromatic heterocycles. The molecule has 0 unspecified atom stereocenters. The van der Waals surface area contributed by atoms with E-state index in [2.05, 4.69) is 0 Å². The number of aliphatic hydroxyl groups excluding tert-OH is 4. The van der Waals surface area contributed by atoms with Crippen LogP contribution in [-0.2, 0) is 17.5 Å². The molecule has 4 N–H and O–H groups in total. The minimum atomic E-state index is -4.34. The summed E-state index contributed by atoms with van der Waals surface area (Å²) in [6.45, 7) is 1.52. The van der Waals surface area contributed by atoms with Crippen LogP contribution in [0.15, 0.2) is 48.5 Å². The predicted molar refractivity (Wildman–Crippen MR) is 121 cm³/mol. The lowest BCUT2D eigenvalue weighted by molar-refractivity contribution is -0.145. The molecule has 0 aliphatic carbocycles. The van der Waals surface area contributed by atoms with Crippen LogP contribution >= 0.6 is 0 Å². The average Bonchev–Trinajstić information content (AvgIpc) is 2.82. The molecule has 0 spiro atoms. The summed E-state index contributed by atoms with van der Waals surface area (Å²) in [5.41, 5.74) is 1.85. The fraction of sp³-hybridized carbons (Fsp3) is 0.520. The van der Waals surface area contributed by atoms with Crippen molar-refractivity contribution in [3.8, 4) is 11.1 Å². The van der Waals surface area contributed by atoms with Crippen molar-refractivity contribution in [2.45, 2.75) is 56.4 Å². The van der Waals surface area contributed by atoms with Crippen LogP contribution in [0.4, 0.5) is 13.2 Å². The number of likely N-dealkylation sites (tertiary alicyclic amines) is 1. The summed E-state index contributed by atoms with van der Waals surface area (Å²) in [6.07, 6.45) is -5.30. The van der Waals surface area contributed by atoms with Gasteiger partial charge in [0.25, 0.3) is 0 Å². The normalized spacial score (nSPS) is 23.9. The predicted octanol–water partition coefficient (Wildman–Crippen LogP) is 2.82. The first-order valence-corrected chi connectivity index (χ1v) is 11.4. The molecule has 0 radical (unpaired) electrons. The van der Waals surface area contributed by atoms with E-state index in [1.54, 1.807) is 4.90 Å². The topological polar surface area (TPSA) is 93.4 Å². The third-order valence-corrected chi connectivity index (χ3v) is 6.22. The van der Waals surface area contributed by atoms with Gasteiger partial charge in [-0.2, -0.15) is 13.2 Å². The Morgan fingerprint density at radius 1 is 0.853 bits per heavy atom. The minimum Gasteiger partial charge on any atom is -0.395 e. The molecule has 1 aliphatic heterocycles. The molecule has 3 rings (SSSR count). The number of nitrogens with zero attached hydrogens (tertiary/aromatic N) is 1. The first kappa shape index (κ1) is 26.6. The van der Waals surface area contributed by atoms with Gasteiger partial charge in [-0.05, 0) is 54.6 Å². The standard InChI is InChI=1S/C25H32F3NO5/c26-25(27,28)20-10-8-19(9-11-20)18-6-4-17(5-7-18)16-34-13-3-1-2-12-29-14-22(31)24(33)23(32)21(29)15-30/h4-11,21-24,30-33H,1-3,12-16H2/t21-,22-,23+,24+/m0/s1. The van der Waals surface area contributed by atoms with Crippen LogP contribution in [0, 0.1) is 0 Å². The lowest BCUT2D eigenvalue weighted by Crippen LogP contribution is -2.62. The van der Waals surface area contributed by atoms with E-state index < -0.39 is 36.1 Å². The van der Waals surface area contributed by atoms with Crippen molar-refractivity contribution < 1.29 is 38.3 Å². The highest BCUT2D eigenvalue weighted by Gasteiger charge is 2.40. The molecule has 1 aliphatic rings. The summed E-state index contributed by atoms with van der Waals surface area (Å²) < 4.78 is 43.8. The highest BCUT2D eigenvalue weighted by atomic mass is 19.4. The molecular formula is C25H32F3NO5. The SMILES string of the molecule is OC[C@H]1[C@@H](O)[C@H](O)[C@@H](O)CN1CCCCCOCc1ccc(-c2ccc(C(F)(F)F)cc2)cc1. The van der Waals surface area contributed by atoms with Gasteiger partial charge in [0, 0.05) is 13.2 Å². The smallest absolute Gasteiger partial charge is 0.395 e. The third kappa shape index (κ3) is 7.00. The third-order valence-electron chi connectivity index (χ3n) is 6.22. The summed E-state index contributed by atoms with van der Waals surface area (Å²) >= 11 is 0. The number of unbranched alkanes of at least 4 members (excludes halogenated alkanes) is 2. The second-order valence-electron chi connectivity index (χ2n) is 8.68. The van der Waals surface area contributed by atoms with E-state index in [1.165, 1.54) is 12.1 Å². The van der Waals surface area contributed by atoms with Gasteiger partial charge in [-0.3, -0.25) is 4.90 Å². The van der Waals surface area contributed by atoms with Crippen LogP contribution in [-0.4, -0.2) is 76.0 Å². The van der Waals surface area contributed by atoms with Gasteiger partial charge in [0.15, 0.2) is 0 Å². The van der Waals surface area contributed by atoms with E-state index in [0.717, 1.165) is 42.5 Å². The Labute approximate surface area is 197 Å². The van der Waals surface area contributed by atoms with Gasteiger partial charge in [0.05, 0.1) is 30.9 Å². The molecular weight excluding hydrogens is 451 g/mol. The van der Waals surface area contributed by atoms with Crippen LogP contribution < -0.4 is 0 Å². The molecule has 188 valence electrons. The number of ether oxygens (including phenoxy) is 1. The number of hydrogen-bond donors (Lipinski definition) is 4. The van der Waals surface area contributed by atoms with Crippen molar-refractivity contribution in [2.24, 2.45) is 0 Å². The van der Waals surface area contributed by atoms with Gasteiger partial charge < -0.3 is 25.2 Å². The largest absolute Gasteiger partial charge is 0.416 e. The molecule has 0 bridgehead atoms. The van der Waals surface area contributed by atoms with E-state index in [4.69, 9.17) is 4.74 Å². The number of halogens is 3. The molecule has 34 heavy (non-hydrogen) atoms. The maximum absolute atomic E-state index is 12.7. The van der Waals surface area contributed by atoms with Crippen molar-refractivity contribution >= 4 is 0 Å². The summed E-state index contributed by atoms with van der Waals surface area (Å²) in [7, 11) is 0. The first-order chi connectivity index (χ1) is 16.2. The molecule has 1 fully saturated rings. The summed E-state index contributed by atoms with van der Waals surface area (Å²) in [5, 5.41) is 39.1. The van der Waals surface area contributed by atoms with Gasteiger partial charge in [-0.15, -0.1) is 0 Å². The Kier molecular flexibility index (Phi) is 9.47. The lowest BCUT2D eigenvalue weighted by atomic mass is 9.94. The molecule has 1 heterocycles.